The summed E-state index contributed by atoms with van der Waals surface area (Å²) in [5.41, 5.74) is 5.20. The number of nitrogens with one attached hydrogen (secondary N) is 2. The molecule has 0 unspecified atom stereocenters. The number of benzene rings is 2. The van der Waals surface area contributed by atoms with Crippen LogP contribution in [0, 0.1) is 12.8 Å². The number of carbonyl (C=O) groups is 1. The second kappa shape index (κ2) is 9.79. The van der Waals surface area contributed by atoms with Crippen molar-refractivity contribution in [1.82, 2.24) is 20.0 Å². The molecule has 0 radical (unpaired) electrons. The summed E-state index contributed by atoms with van der Waals surface area (Å²) in [6.07, 6.45) is 2.16. The maximum absolute atomic E-state index is 13.2. The lowest BCUT2D eigenvalue weighted by Gasteiger charge is -2.34. The maximum atomic E-state index is 13.2. The number of amides is 2. The van der Waals surface area contributed by atoms with Crippen LogP contribution in [0.5, 0.6) is 5.75 Å². The highest BCUT2D eigenvalue weighted by atomic mass is 16.5. The molecule has 0 bridgehead atoms. The summed E-state index contributed by atoms with van der Waals surface area (Å²) >= 11 is 0. The Balaban J connectivity index is 1.32. The van der Waals surface area contributed by atoms with E-state index in [0.29, 0.717) is 25.6 Å². The Hall–Kier alpha value is -3.48. The number of nitrogens with zero attached hydrogens (tertiary/aromatic N) is 3. The van der Waals surface area contributed by atoms with Gasteiger partial charge in [0.1, 0.15) is 18.2 Å². The van der Waals surface area contributed by atoms with E-state index in [9.17, 15) is 4.79 Å². The number of hydrogen-bond acceptors (Lipinski definition) is 4. The Labute approximate surface area is 201 Å². The zero-order valence-electron chi connectivity index (χ0n) is 20.0. The monoisotopic (exact) mass is 459 g/mol. The van der Waals surface area contributed by atoms with Gasteiger partial charge in [0.25, 0.3) is 0 Å². The summed E-state index contributed by atoms with van der Waals surface area (Å²) in [6, 6.07) is 16.7. The van der Waals surface area contributed by atoms with Crippen molar-refractivity contribution in [2.24, 2.45) is 5.92 Å². The molecule has 2 amide bonds. The van der Waals surface area contributed by atoms with E-state index in [1.165, 1.54) is 5.56 Å². The summed E-state index contributed by atoms with van der Waals surface area (Å²) in [5.74, 6) is 2.46. The third-order valence-electron chi connectivity index (χ3n) is 6.84. The molecule has 178 valence electrons. The number of aromatic amines is 1. The van der Waals surface area contributed by atoms with E-state index >= 15 is 0 Å². The van der Waals surface area contributed by atoms with Crippen LogP contribution in [0.2, 0.25) is 0 Å². The lowest BCUT2D eigenvalue weighted by atomic mass is 9.99. The minimum Gasteiger partial charge on any atom is -0.491 e. The summed E-state index contributed by atoms with van der Waals surface area (Å²) in [5, 5.41) is 11.0. The molecule has 2 N–H and O–H groups in total. The third-order valence-corrected chi connectivity index (χ3v) is 6.84. The second-order valence-electron chi connectivity index (χ2n) is 9.51. The van der Waals surface area contributed by atoms with Gasteiger partial charge in [-0.15, -0.1) is 0 Å². The highest BCUT2D eigenvalue weighted by Gasteiger charge is 2.28. The molecule has 1 saturated heterocycles. The van der Waals surface area contributed by atoms with Crippen molar-refractivity contribution < 1.29 is 9.53 Å². The predicted octanol–water partition coefficient (Wildman–Crippen LogP) is 5.04. The molecular formula is C27H33N5O2. The van der Waals surface area contributed by atoms with Gasteiger partial charge in [-0.05, 0) is 48.9 Å². The standard InChI is InChI=1S/C27H33N5O2/c1-19-8-10-31(11-9-19)27(33)32-12-13-34-26-20(2)14-22(15-23(26)18-32)24-16-25(30-29-24)28-17-21-6-4-3-5-7-21/h3-7,14-16,19H,8-13,17-18H2,1-2H3,(H2,28,29,30). The zero-order valence-corrected chi connectivity index (χ0v) is 20.0. The van der Waals surface area contributed by atoms with Crippen LogP contribution < -0.4 is 10.1 Å². The van der Waals surface area contributed by atoms with Gasteiger partial charge in [-0.3, -0.25) is 5.10 Å². The smallest absolute Gasteiger partial charge is 0.320 e. The highest BCUT2D eigenvalue weighted by Crippen LogP contribution is 2.33. The normalized spacial score (nSPS) is 16.5. The van der Waals surface area contributed by atoms with Gasteiger partial charge in [0.15, 0.2) is 0 Å². The van der Waals surface area contributed by atoms with Crippen molar-refractivity contribution in [3.8, 4) is 17.0 Å². The van der Waals surface area contributed by atoms with Gasteiger partial charge < -0.3 is 19.9 Å². The van der Waals surface area contributed by atoms with Gasteiger partial charge in [-0.25, -0.2) is 4.79 Å². The molecule has 2 aromatic carbocycles. The van der Waals surface area contributed by atoms with Crippen LogP contribution in [-0.4, -0.2) is 52.3 Å². The first-order valence-corrected chi connectivity index (χ1v) is 12.2. The fraction of sp³-hybridized carbons (Fsp3) is 0.407. The number of ether oxygens (including phenoxy) is 1. The number of hydrogen-bond donors (Lipinski definition) is 2. The fourth-order valence-corrected chi connectivity index (χ4v) is 4.78. The SMILES string of the molecule is Cc1cc(-c2cc(NCc3ccccc3)[nH]n2)cc2c1OCCN(C(=O)N1CCC(C)CC1)C2. The van der Waals surface area contributed by atoms with Crippen molar-refractivity contribution in [2.75, 3.05) is 31.6 Å². The van der Waals surface area contributed by atoms with Crippen molar-refractivity contribution in [1.29, 1.82) is 0 Å². The van der Waals surface area contributed by atoms with E-state index in [1.54, 1.807) is 0 Å². The van der Waals surface area contributed by atoms with E-state index < -0.39 is 0 Å². The number of anilines is 1. The molecule has 1 aromatic heterocycles. The highest BCUT2D eigenvalue weighted by molar-refractivity contribution is 5.75. The van der Waals surface area contributed by atoms with Crippen LogP contribution in [-0.2, 0) is 13.1 Å². The second-order valence-corrected chi connectivity index (χ2v) is 9.51. The van der Waals surface area contributed by atoms with Gasteiger partial charge in [0.2, 0.25) is 0 Å². The van der Waals surface area contributed by atoms with Crippen LogP contribution in [0.4, 0.5) is 10.6 Å². The topological polar surface area (TPSA) is 73.5 Å². The predicted molar refractivity (Wildman–Crippen MR) is 134 cm³/mol. The molecule has 7 nitrogen and oxygen atoms in total. The lowest BCUT2D eigenvalue weighted by Crippen LogP contribution is -2.46. The number of aryl methyl sites for hydroxylation is 1. The Kier molecular flexibility index (Phi) is 6.43. The fourth-order valence-electron chi connectivity index (χ4n) is 4.78. The quantitative estimate of drug-likeness (QED) is 0.573. The van der Waals surface area contributed by atoms with Crippen LogP contribution in [0.1, 0.15) is 36.5 Å². The first-order valence-electron chi connectivity index (χ1n) is 12.2. The molecule has 0 atom stereocenters. The van der Waals surface area contributed by atoms with Crippen molar-refractivity contribution in [2.45, 2.75) is 39.8 Å². The average Bonchev–Trinajstić information content (AvgIpc) is 3.22. The van der Waals surface area contributed by atoms with Gasteiger partial charge in [-0.2, -0.15) is 5.10 Å². The Bertz CT molecular complexity index is 1140. The van der Waals surface area contributed by atoms with E-state index in [2.05, 4.69) is 53.6 Å². The van der Waals surface area contributed by atoms with Gasteiger partial charge >= 0.3 is 6.03 Å². The number of urea groups is 1. The van der Waals surface area contributed by atoms with Gasteiger partial charge in [0.05, 0.1) is 18.8 Å². The Morgan fingerprint density at radius 3 is 2.71 bits per heavy atom. The summed E-state index contributed by atoms with van der Waals surface area (Å²) < 4.78 is 6.09. The largest absolute Gasteiger partial charge is 0.491 e. The van der Waals surface area contributed by atoms with Gasteiger partial charge in [0, 0.05) is 36.8 Å². The molecule has 2 aliphatic heterocycles. The number of aromatic nitrogens is 2. The number of fused-ring (bicyclic) bond motifs is 1. The molecule has 5 rings (SSSR count). The number of likely N-dealkylation sites (tertiary alicyclic amines) is 1. The zero-order chi connectivity index (χ0) is 23.5. The number of piperidine rings is 1. The number of carbonyl (C=O) groups excluding carboxylic acids is 1. The lowest BCUT2D eigenvalue weighted by molar-refractivity contribution is 0.129. The van der Waals surface area contributed by atoms with Crippen molar-refractivity contribution in [3.63, 3.8) is 0 Å². The average molecular weight is 460 g/mol. The summed E-state index contributed by atoms with van der Waals surface area (Å²) in [4.78, 5) is 17.2. The minimum absolute atomic E-state index is 0.124. The first-order chi connectivity index (χ1) is 16.6. The van der Waals surface area contributed by atoms with Gasteiger partial charge in [-0.1, -0.05) is 37.3 Å². The van der Waals surface area contributed by atoms with Crippen LogP contribution in [0.15, 0.2) is 48.5 Å². The molecule has 1 fully saturated rings. The number of rotatable bonds is 4. The maximum Gasteiger partial charge on any atom is 0.320 e. The Morgan fingerprint density at radius 2 is 1.91 bits per heavy atom. The molecule has 0 saturated carbocycles. The third kappa shape index (κ3) is 4.88. The van der Waals surface area contributed by atoms with E-state index in [-0.39, 0.29) is 6.03 Å². The van der Waals surface area contributed by atoms with Crippen molar-refractivity contribution >= 4 is 11.8 Å². The molecule has 0 spiro atoms. The minimum atomic E-state index is 0.124. The van der Waals surface area contributed by atoms with Crippen LogP contribution >= 0.6 is 0 Å². The first kappa shape index (κ1) is 22.3. The molecule has 3 heterocycles. The van der Waals surface area contributed by atoms with E-state index in [4.69, 9.17) is 4.74 Å². The molecule has 2 aliphatic rings. The summed E-state index contributed by atoms with van der Waals surface area (Å²) in [7, 11) is 0. The molecule has 7 heteroatoms. The van der Waals surface area contributed by atoms with E-state index in [1.807, 2.05) is 34.1 Å². The molecular weight excluding hydrogens is 426 g/mol. The molecule has 3 aromatic rings. The van der Waals surface area contributed by atoms with Crippen LogP contribution in [0.25, 0.3) is 11.3 Å². The van der Waals surface area contributed by atoms with Crippen LogP contribution in [0.3, 0.4) is 0 Å². The van der Waals surface area contributed by atoms with E-state index in [0.717, 1.165) is 66.4 Å². The Morgan fingerprint density at radius 1 is 1.12 bits per heavy atom. The van der Waals surface area contributed by atoms with Crippen molar-refractivity contribution in [3.05, 3.63) is 65.2 Å². The number of H-pyrrole nitrogens is 1. The molecule has 0 aliphatic carbocycles. The summed E-state index contributed by atoms with van der Waals surface area (Å²) in [6.45, 7) is 8.41. The molecule has 34 heavy (non-hydrogen) atoms.